The zero-order valence-electron chi connectivity index (χ0n) is 10.7. The highest BCUT2D eigenvalue weighted by Crippen LogP contribution is 2.30. The van der Waals surface area contributed by atoms with Crippen LogP contribution in [0.5, 0.6) is 5.75 Å². The molecule has 0 aromatic heterocycles. The summed E-state index contributed by atoms with van der Waals surface area (Å²) in [6, 6.07) is 10.4. The molecule has 0 radical (unpaired) electrons. The second-order valence-corrected chi connectivity index (χ2v) is 5.57. The Balaban J connectivity index is 2.15. The predicted molar refractivity (Wildman–Crippen MR) is 82.6 cm³/mol. The molecule has 5 heteroatoms. The van der Waals surface area contributed by atoms with E-state index in [9.17, 15) is 4.39 Å². The lowest BCUT2D eigenvalue weighted by molar-refractivity contribution is 0.303. The number of benzene rings is 2. The molecule has 2 aromatic carbocycles. The number of hydrogen-bond acceptors (Lipinski definition) is 2. The van der Waals surface area contributed by atoms with Gasteiger partial charge in [-0.25, -0.2) is 4.39 Å². The SMILES string of the molecule is NCCc1cccc(Cl)c1OCc1ccc(F)c(Br)c1. The van der Waals surface area contributed by atoms with E-state index in [2.05, 4.69) is 15.9 Å². The minimum atomic E-state index is -0.296. The van der Waals surface area contributed by atoms with E-state index in [1.165, 1.54) is 6.07 Å². The van der Waals surface area contributed by atoms with Gasteiger partial charge >= 0.3 is 0 Å². The molecular weight excluding hydrogens is 345 g/mol. The van der Waals surface area contributed by atoms with Gasteiger partial charge in [-0.2, -0.15) is 0 Å². The van der Waals surface area contributed by atoms with Crippen LogP contribution in [0.1, 0.15) is 11.1 Å². The molecule has 20 heavy (non-hydrogen) atoms. The molecule has 0 aliphatic rings. The molecule has 106 valence electrons. The summed E-state index contributed by atoms with van der Waals surface area (Å²) in [6.07, 6.45) is 0.697. The van der Waals surface area contributed by atoms with Crippen molar-refractivity contribution in [1.82, 2.24) is 0 Å². The molecule has 2 N–H and O–H groups in total. The molecule has 2 aromatic rings. The summed E-state index contributed by atoms with van der Waals surface area (Å²) in [7, 11) is 0. The van der Waals surface area contributed by atoms with Crippen LogP contribution in [0.15, 0.2) is 40.9 Å². The van der Waals surface area contributed by atoms with E-state index in [-0.39, 0.29) is 5.82 Å². The lowest BCUT2D eigenvalue weighted by Crippen LogP contribution is -2.06. The highest BCUT2D eigenvalue weighted by atomic mass is 79.9. The Hall–Kier alpha value is -1.10. The third-order valence-corrected chi connectivity index (χ3v) is 3.73. The largest absolute Gasteiger partial charge is 0.487 e. The number of nitrogens with two attached hydrogens (primary N) is 1. The Morgan fingerprint density at radius 1 is 1.25 bits per heavy atom. The van der Waals surface area contributed by atoms with Gasteiger partial charge in [0.25, 0.3) is 0 Å². The lowest BCUT2D eigenvalue weighted by Gasteiger charge is -2.13. The van der Waals surface area contributed by atoms with E-state index in [1.807, 2.05) is 12.1 Å². The van der Waals surface area contributed by atoms with Crippen molar-refractivity contribution < 1.29 is 9.13 Å². The summed E-state index contributed by atoms with van der Waals surface area (Å²) in [5.41, 5.74) is 7.41. The van der Waals surface area contributed by atoms with Gasteiger partial charge in [0.05, 0.1) is 9.50 Å². The summed E-state index contributed by atoms with van der Waals surface area (Å²) in [5, 5.41) is 0.553. The van der Waals surface area contributed by atoms with Crippen molar-refractivity contribution in [3.05, 3.63) is 62.8 Å². The van der Waals surface area contributed by atoms with Gasteiger partial charge < -0.3 is 10.5 Å². The number of hydrogen-bond donors (Lipinski definition) is 1. The first-order chi connectivity index (χ1) is 9.61. The van der Waals surface area contributed by atoms with E-state index in [0.717, 1.165) is 11.1 Å². The maximum atomic E-state index is 13.2. The molecule has 0 amide bonds. The van der Waals surface area contributed by atoms with Crippen molar-refractivity contribution in [2.45, 2.75) is 13.0 Å². The van der Waals surface area contributed by atoms with Gasteiger partial charge in [0.15, 0.2) is 0 Å². The van der Waals surface area contributed by atoms with Crippen LogP contribution in [0, 0.1) is 5.82 Å². The Bertz CT molecular complexity index is 606. The monoisotopic (exact) mass is 357 g/mol. The molecule has 0 unspecified atom stereocenters. The van der Waals surface area contributed by atoms with Crippen LogP contribution >= 0.6 is 27.5 Å². The molecule has 2 rings (SSSR count). The van der Waals surface area contributed by atoms with Crippen molar-refractivity contribution in [1.29, 1.82) is 0 Å². The fraction of sp³-hybridized carbons (Fsp3) is 0.200. The van der Waals surface area contributed by atoms with Crippen LogP contribution < -0.4 is 10.5 Å². The summed E-state index contributed by atoms with van der Waals surface area (Å²) < 4.78 is 19.4. The molecule has 0 bridgehead atoms. The van der Waals surface area contributed by atoms with Crippen molar-refractivity contribution in [3.63, 3.8) is 0 Å². The van der Waals surface area contributed by atoms with Gasteiger partial charge in [0.1, 0.15) is 18.2 Å². The smallest absolute Gasteiger partial charge is 0.141 e. The zero-order valence-corrected chi connectivity index (χ0v) is 13.0. The molecule has 0 fully saturated rings. The lowest BCUT2D eigenvalue weighted by atomic mass is 10.1. The van der Waals surface area contributed by atoms with Crippen LogP contribution in [0.4, 0.5) is 4.39 Å². The fourth-order valence-electron chi connectivity index (χ4n) is 1.85. The summed E-state index contributed by atoms with van der Waals surface area (Å²) in [4.78, 5) is 0. The number of ether oxygens (including phenoxy) is 1. The highest BCUT2D eigenvalue weighted by molar-refractivity contribution is 9.10. The molecule has 0 aliphatic carbocycles. The average Bonchev–Trinajstić information content (AvgIpc) is 2.42. The molecular formula is C15H14BrClFNO. The standard InChI is InChI=1S/C15H14BrClFNO/c16-12-8-10(4-5-14(12)18)9-20-15-11(6-7-19)2-1-3-13(15)17/h1-5,8H,6-7,9,19H2. The van der Waals surface area contributed by atoms with Gasteiger partial charge in [0, 0.05) is 0 Å². The van der Waals surface area contributed by atoms with Gasteiger partial charge in [-0.05, 0) is 58.2 Å². The third kappa shape index (κ3) is 3.72. The van der Waals surface area contributed by atoms with Crippen molar-refractivity contribution in [3.8, 4) is 5.75 Å². The number of para-hydroxylation sites is 1. The van der Waals surface area contributed by atoms with Crippen LogP contribution in [0.2, 0.25) is 5.02 Å². The Morgan fingerprint density at radius 3 is 2.75 bits per heavy atom. The number of rotatable bonds is 5. The molecule has 0 aliphatic heterocycles. The van der Waals surface area contributed by atoms with Crippen molar-refractivity contribution in [2.24, 2.45) is 5.73 Å². The van der Waals surface area contributed by atoms with E-state index >= 15 is 0 Å². The molecule has 0 heterocycles. The summed E-state index contributed by atoms with van der Waals surface area (Å²) >= 11 is 9.31. The summed E-state index contributed by atoms with van der Waals surface area (Å²) in [6.45, 7) is 0.846. The molecule has 0 saturated carbocycles. The first-order valence-electron chi connectivity index (χ1n) is 6.16. The molecule has 0 saturated heterocycles. The van der Waals surface area contributed by atoms with Gasteiger partial charge in [-0.3, -0.25) is 0 Å². The van der Waals surface area contributed by atoms with Gasteiger partial charge in [0.2, 0.25) is 0 Å². The van der Waals surface area contributed by atoms with Crippen LogP contribution in [0.3, 0.4) is 0 Å². The van der Waals surface area contributed by atoms with Gasteiger partial charge in [-0.1, -0.05) is 29.8 Å². The topological polar surface area (TPSA) is 35.2 Å². The Labute approximate surface area is 130 Å². The fourth-order valence-corrected chi connectivity index (χ4v) is 2.53. The minimum absolute atomic E-state index is 0.296. The van der Waals surface area contributed by atoms with E-state index in [0.29, 0.717) is 34.8 Å². The van der Waals surface area contributed by atoms with Crippen molar-refractivity contribution >= 4 is 27.5 Å². The number of halogens is 3. The van der Waals surface area contributed by atoms with Crippen LogP contribution in [-0.2, 0) is 13.0 Å². The first kappa shape index (κ1) is 15.3. The van der Waals surface area contributed by atoms with Crippen LogP contribution in [-0.4, -0.2) is 6.54 Å². The van der Waals surface area contributed by atoms with E-state index in [1.54, 1.807) is 18.2 Å². The molecule has 0 atom stereocenters. The minimum Gasteiger partial charge on any atom is -0.487 e. The second-order valence-electron chi connectivity index (χ2n) is 4.30. The Kier molecular flexibility index (Phi) is 5.40. The maximum Gasteiger partial charge on any atom is 0.141 e. The highest BCUT2D eigenvalue weighted by Gasteiger charge is 2.09. The third-order valence-electron chi connectivity index (χ3n) is 2.83. The van der Waals surface area contributed by atoms with E-state index in [4.69, 9.17) is 22.1 Å². The first-order valence-corrected chi connectivity index (χ1v) is 7.33. The normalized spacial score (nSPS) is 10.6. The van der Waals surface area contributed by atoms with Crippen LogP contribution in [0.25, 0.3) is 0 Å². The van der Waals surface area contributed by atoms with Gasteiger partial charge in [-0.15, -0.1) is 0 Å². The average molecular weight is 359 g/mol. The summed E-state index contributed by atoms with van der Waals surface area (Å²) in [5.74, 6) is 0.343. The van der Waals surface area contributed by atoms with E-state index < -0.39 is 0 Å². The molecule has 0 spiro atoms. The van der Waals surface area contributed by atoms with Crippen molar-refractivity contribution in [2.75, 3.05) is 6.54 Å². The zero-order chi connectivity index (χ0) is 14.5. The quantitative estimate of drug-likeness (QED) is 0.864. The molecule has 2 nitrogen and oxygen atoms in total. The maximum absolute atomic E-state index is 13.2. The Morgan fingerprint density at radius 2 is 2.05 bits per heavy atom. The second kappa shape index (κ2) is 7.07. The predicted octanol–water partition coefficient (Wildman–Crippen LogP) is 4.32.